The standard InChI is InChI=1S/C12H11ClN2O2/c13-10-3-1-2-9(8-10)4-6-15-7-5-14-11(16)12(15)17/h1-3,5,7-8H,4,6H2,(H,14,16). The molecule has 0 aliphatic rings. The van der Waals surface area contributed by atoms with Crippen LogP contribution in [0.4, 0.5) is 0 Å². The number of rotatable bonds is 3. The molecule has 0 bridgehead atoms. The molecule has 0 radical (unpaired) electrons. The van der Waals surface area contributed by atoms with Gasteiger partial charge in [0.2, 0.25) is 0 Å². The second kappa shape index (κ2) is 5.01. The zero-order chi connectivity index (χ0) is 12.3. The van der Waals surface area contributed by atoms with E-state index in [1.54, 1.807) is 12.3 Å². The minimum atomic E-state index is -0.599. The largest absolute Gasteiger partial charge is 0.323 e. The van der Waals surface area contributed by atoms with Crippen LogP contribution in [0.1, 0.15) is 5.56 Å². The van der Waals surface area contributed by atoms with Crippen LogP contribution in [-0.2, 0) is 13.0 Å². The van der Waals surface area contributed by atoms with E-state index in [9.17, 15) is 9.59 Å². The number of aromatic amines is 1. The van der Waals surface area contributed by atoms with Gasteiger partial charge in [-0.1, -0.05) is 23.7 Å². The molecule has 5 heteroatoms. The average Bonchev–Trinajstić information content (AvgIpc) is 2.31. The third kappa shape index (κ3) is 2.85. The van der Waals surface area contributed by atoms with Gasteiger partial charge >= 0.3 is 11.1 Å². The molecule has 2 rings (SSSR count). The lowest BCUT2D eigenvalue weighted by Gasteiger charge is -2.04. The van der Waals surface area contributed by atoms with Gasteiger partial charge < -0.3 is 9.55 Å². The monoisotopic (exact) mass is 250 g/mol. The van der Waals surface area contributed by atoms with Crippen molar-refractivity contribution in [3.05, 3.63) is 68.0 Å². The van der Waals surface area contributed by atoms with E-state index in [-0.39, 0.29) is 0 Å². The molecule has 1 aromatic heterocycles. The fourth-order valence-corrected chi connectivity index (χ4v) is 1.79. The minimum absolute atomic E-state index is 0.461. The Labute approximate surface area is 102 Å². The Kier molecular flexibility index (Phi) is 3.44. The molecule has 0 saturated heterocycles. The lowest BCUT2D eigenvalue weighted by atomic mass is 10.1. The van der Waals surface area contributed by atoms with Crippen molar-refractivity contribution in [2.24, 2.45) is 0 Å². The lowest BCUT2D eigenvalue weighted by molar-refractivity contribution is 0.656. The highest BCUT2D eigenvalue weighted by atomic mass is 35.5. The van der Waals surface area contributed by atoms with Crippen molar-refractivity contribution in [2.75, 3.05) is 0 Å². The van der Waals surface area contributed by atoms with Gasteiger partial charge in [0.15, 0.2) is 0 Å². The van der Waals surface area contributed by atoms with Crippen LogP contribution in [0.5, 0.6) is 0 Å². The Morgan fingerprint density at radius 1 is 1.29 bits per heavy atom. The summed E-state index contributed by atoms with van der Waals surface area (Å²) in [7, 11) is 0. The second-order valence-electron chi connectivity index (χ2n) is 3.67. The van der Waals surface area contributed by atoms with E-state index in [0.717, 1.165) is 5.56 Å². The van der Waals surface area contributed by atoms with Crippen LogP contribution in [0.25, 0.3) is 0 Å². The number of hydrogen-bond acceptors (Lipinski definition) is 2. The fourth-order valence-electron chi connectivity index (χ4n) is 1.58. The highest BCUT2D eigenvalue weighted by Crippen LogP contribution is 2.11. The van der Waals surface area contributed by atoms with Gasteiger partial charge in [-0.25, -0.2) is 0 Å². The first-order valence-corrected chi connectivity index (χ1v) is 5.57. The van der Waals surface area contributed by atoms with E-state index in [1.165, 1.54) is 10.8 Å². The summed E-state index contributed by atoms with van der Waals surface area (Å²) >= 11 is 5.86. The Balaban J connectivity index is 2.16. The molecular weight excluding hydrogens is 240 g/mol. The first-order valence-electron chi connectivity index (χ1n) is 5.19. The number of H-pyrrole nitrogens is 1. The number of benzene rings is 1. The number of aryl methyl sites for hydroxylation is 2. The molecule has 1 aromatic carbocycles. The molecule has 0 saturated carbocycles. The van der Waals surface area contributed by atoms with Crippen LogP contribution >= 0.6 is 11.6 Å². The van der Waals surface area contributed by atoms with Crippen LogP contribution in [-0.4, -0.2) is 9.55 Å². The van der Waals surface area contributed by atoms with Crippen molar-refractivity contribution in [2.45, 2.75) is 13.0 Å². The minimum Gasteiger partial charge on any atom is -0.323 e. The van der Waals surface area contributed by atoms with Crippen molar-refractivity contribution >= 4 is 11.6 Å². The molecule has 0 atom stereocenters. The van der Waals surface area contributed by atoms with Crippen molar-refractivity contribution in [3.8, 4) is 0 Å². The third-order valence-corrected chi connectivity index (χ3v) is 2.69. The fraction of sp³-hybridized carbons (Fsp3) is 0.167. The van der Waals surface area contributed by atoms with Crippen molar-refractivity contribution in [3.63, 3.8) is 0 Å². The molecule has 4 nitrogen and oxygen atoms in total. The van der Waals surface area contributed by atoms with E-state index >= 15 is 0 Å². The number of aromatic nitrogens is 2. The van der Waals surface area contributed by atoms with E-state index in [4.69, 9.17) is 11.6 Å². The summed E-state index contributed by atoms with van der Waals surface area (Å²) in [6, 6.07) is 7.44. The number of nitrogens with zero attached hydrogens (tertiary/aromatic N) is 1. The SMILES string of the molecule is O=c1[nH]ccn(CCc2cccc(Cl)c2)c1=O. The van der Waals surface area contributed by atoms with Crippen LogP contribution in [0.2, 0.25) is 5.02 Å². The molecule has 1 N–H and O–H groups in total. The van der Waals surface area contributed by atoms with Crippen LogP contribution < -0.4 is 11.1 Å². The van der Waals surface area contributed by atoms with Crippen molar-refractivity contribution in [1.29, 1.82) is 0 Å². The lowest BCUT2D eigenvalue weighted by Crippen LogP contribution is -2.35. The molecule has 0 amide bonds. The normalized spacial score (nSPS) is 10.4. The summed E-state index contributed by atoms with van der Waals surface area (Å²) in [6.45, 7) is 0.461. The van der Waals surface area contributed by atoms with Gasteiger partial charge in [-0.15, -0.1) is 0 Å². The van der Waals surface area contributed by atoms with Crippen LogP contribution in [0.3, 0.4) is 0 Å². The zero-order valence-corrected chi connectivity index (χ0v) is 9.78. The summed E-state index contributed by atoms with van der Waals surface area (Å²) in [5, 5.41) is 0.667. The summed E-state index contributed by atoms with van der Waals surface area (Å²) in [4.78, 5) is 24.9. The summed E-state index contributed by atoms with van der Waals surface area (Å²) in [6.07, 6.45) is 3.68. The van der Waals surface area contributed by atoms with Crippen LogP contribution in [0.15, 0.2) is 46.2 Å². The van der Waals surface area contributed by atoms with Crippen LogP contribution in [0, 0.1) is 0 Å². The van der Waals surface area contributed by atoms with Gasteiger partial charge in [0.05, 0.1) is 0 Å². The second-order valence-corrected chi connectivity index (χ2v) is 4.10. The summed E-state index contributed by atoms with van der Waals surface area (Å²) in [5.74, 6) is 0. The van der Waals surface area contributed by atoms with Crippen molar-refractivity contribution in [1.82, 2.24) is 9.55 Å². The third-order valence-electron chi connectivity index (χ3n) is 2.45. The Morgan fingerprint density at radius 3 is 2.88 bits per heavy atom. The van der Waals surface area contributed by atoms with Gasteiger partial charge in [0.25, 0.3) is 0 Å². The summed E-state index contributed by atoms with van der Waals surface area (Å²) < 4.78 is 1.39. The molecule has 0 fully saturated rings. The van der Waals surface area contributed by atoms with Crippen molar-refractivity contribution < 1.29 is 0 Å². The van der Waals surface area contributed by atoms with E-state index in [2.05, 4.69) is 4.98 Å². The quantitative estimate of drug-likeness (QED) is 0.838. The highest BCUT2D eigenvalue weighted by molar-refractivity contribution is 6.30. The van der Waals surface area contributed by atoms with E-state index in [0.29, 0.717) is 18.0 Å². The number of hydrogen-bond donors (Lipinski definition) is 1. The maximum absolute atomic E-state index is 11.5. The van der Waals surface area contributed by atoms with Gasteiger partial charge in [0, 0.05) is 24.0 Å². The first kappa shape index (κ1) is 11.7. The average molecular weight is 251 g/mol. The molecule has 17 heavy (non-hydrogen) atoms. The Bertz CT molecular complexity index is 631. The maximum atomic E-state index is 11.5. The smallest absolute Gasteiger partial charge is 0.316 e. The topological polar surface area (TPSA) is 54.9 Å². The molecule has 1 heterocycles. The van der Waals surface area contributed by atoms with Gasteiger partial charge in [0.1, 0.15) is 0 Å². The molecule has 88 valence electrons. The Morgan fingerprint density at radius 2 is 2.12 bits per heavy atom. The van der Waals surface area contributed by atoms with E-state index < -0.39 is 11.1 Å². The number of halogens is 1. The summed E-state index contributed by atoms with van der Waals surface area (Å²) in [5.41, 5.74) is -0.0993. The Hall–Kier alpha value is -1.81. The zero-order valence-electron chi connectivity index (χ0n) is 9.02. The molecule has 0 aliphatic carbocycles. The molecule has 2 aromatic rings. The molecular formula is C12H11ClN2O2. The number of nitrogens with one attached hydrogen (secondary N) is 1. The molecule has 0 aliphatic heterocycles. The predicted molar refractivity (Wildman–Crippen MR) is 66.5 cm³/mol. The predicted octanol–water partition coefficient (Wildman–Crippen LogP) is 1.43. The molecule has 0 unspecified atom stereocenters. The first-order chi connectivity index (χ1) is 8.16. The van der Waals surface area contributed by atoms with Gasteiger partial charge in [-0.3, -0.25) is 9.59 Å². The van der Waals surface area contributed by atoms with Gasteiger partial charge in [-0.2, -0.15) is 0 Å². The highest BCUT2D eigenvalue weighted by Gasteiger charge is 2.00. The van der Waals surface area contributed by atoms with E-state index in [1.807, 2.05) is 18.2 Å². The maximum Gasteiger partial charge on any atom is 0.316 e. The van der Waals surface area contributed by atoms with Gasteiger partial charge in [-0.05, 0) is 24.1 Å². The molecule has 0 spiro atoms.